The summed E-state index contributed by atoms with van der Waals surface area (Å²) in [4.78, 5) is 37.9. The minimum absolute atomic E-state index is 0.153. The topological polar surface area (TPSA) is 124 Å². The van der Waals surface area contributed by atoms with E-state index in [0.717, 1.165) is 4.57 Å². The Morgan fingerprint density at radius 1 is 1.19 bits per heavy atom. The number of rotatable bonds is 9. The van der Waals surface area contributed by atoms with Crippen molar-refractivity contribution in [2.75, 3.05) is 6.54 Å². The third-order valence-corrected chi connectivity index (χ3v) is 4.31. The molecule has 0 radical (unpaired) electrons. The zero-order chi connectivity index (χ0) is 20.0. The van der Waals surface area contributed by atoms with Gasteiger partial charge < -0.3 is 20.5 Å². The molecule has 0 aliphatic rings. The van der Waals surface area contributed by atoms with E-state index < -0.39 is 17.7 Å². The van der Waals surface area contributed by atoms with Crippen LogP contribution in [0.2, 0.25) is 0 Å². The zero-order valence-corrected chi connectivity index (χ0v) is 15.4. The SMILES string of the molecule is CC(C)[C@H](C(=O)O)n1c(O)c(CCCCNC(=O)c2ccccc2)[nH]c1=O. The molecule has 1 aromatic heterocycles. The highest BCUT2D eigenvalue weighted by Crippen LogP contribution is 2.24. The number of aromatic hydroxyl groups is 1. The first-order valence-electron chi connectivity index (χ1n) is 8.91. The molecule has 1 atom stereocenters. The van der Waals surface area contributed by atoms with E-state index in [0.29, 0.717) is 37.1 Å². The lowest BCUT2D eigenvalue weighted by atomic mass is 10.0. The van der Waals surface area contributed by atoms with Crippen molar-refractivity contribution >= 4 is 11.9 Å². The molecule has 1 heterocycles. The Labute approximate surface area is 156 Å². The molecular formula is C19H25N3O5. The van der Waals surface area contributed by atoms with Gasteiger partial charge in [-0.15, -0.1) is 0 Å². The van der Waals surface area contributed by atoms with Crippen LogP contribution in [0.15, 0.2) is 35.1 Å². The monoisotopic (exact) mass is 375 g/mol. The van der Waals surface area contributed by atoms with Gasteiger partial charge in [0.05, 0.1) is 5.69 Å². The summed E-state index contributed by atoms with van der Waals surface area (Å²) in [7, 11) is 0. The third kappa shape index (κ3) is 4.99. The molecule has 2 rings (SSSR count). The quantitative estimate of drug-likeness (QED) is 0.498. The number of carbonyl (C=O) groups excluding carboxylic acids is 1. The van der Waals surface area contributed by atoms with Crippen molar-refractivity contribution in [2.24, 2.45) is 5.92 Å². The van der Waals surface area contributed by atoms with E-state index in [1.165, 1.54) is 0 Å². The Balaban J connectivity index is 1.90. The number of nitrogens with zero attached hydrogens (tertiary/aromatic N) is 1. The van der Waals surface area contributed by atoms with Crippen molar-refractivity contribution in [1.82, 2.24) is 14.9 Å². The average Bonchev–Trinajstić information content (AvgIpc) is 2.89. The van der Waals surface area contributed by atoms with Gasteiger partial charge in [0, 0.05) is 12.1 Å². The molecule has 8 heteroatoms. The first-order valence-corrected chi connectivity index (χ1v) is 8.91. The third-order valence-electron chi connectivity index (χ3n) is 4.31. The largest absolute Gasteiger partial charge is 0.493 e. The molecule has 146 valence electrons. The highest BCUT2D eigenvalue weighted by Gasteiger charge is 2.29. The number of carbonyl (C=O) groups is 2. The van der Waals surface area contributed by atoms with Crippen molar-refractivity contribution in [2.45, 2.75) is 39.2 Å². The molecule has 1 aromatic carbocycles. The fourth-order valence-corrected chi connectivity index (χ4v) is 2.93. The van der Waals surface area contributed by atoms with Gasteiger partial charge in [0.1, 0.15) is 6.04 Å². The van der Waals surface area contributed by atoms with Gasteiger partial charge in [-0.25, -0.2) is 14.2 Å². The highest BCUT2D eigenvalue weighted by atomic mass is 16.4. The molecule has 0 saturated carbocycles. The van der Waals surface area contributed by atoms with Gasteiger partial charge in [-0.05, 0) is 37.3 Å². The molecule has 0 saturated heterocycles. The van der Waals surface area contributed by atoms with Crippen LogP contribution in [0.1, 0.15) is 48.8 Å². The number of H-pyrrole nitrogens is 1. The number of aromatic nitrogens is 2. The Bertz CT molecular complexity index is 839. The van der Waals surface area contributed by atoms with E-state index in [1.807, 2.05) is 6.07 Å². The number of aliphatic carboxylic acids is 1. The molecule has 0 unspecified atom stereocenters. The number of unbranched alkanes of at least 4 members (excludes halogenated alkanes) is 1. The highest BCUT2D eigenvalue weighted by molar-refractivity contribution is 5.94. The maximum absolute atomic E-state index is 12.1. The van der Waals surface area contributed by atoms with Crippen LogP contribution < -0.4 is 11.0 Å². The summed E-state index contributed by atoms with van der Waals surface area (Å²) in [5, 5.41) is 22.4. The van der Waals surface area contributed by atoms with E-state index in [1.54, 1.807) is 38.1 Å². The standard InChI is InChI=1S/C19H25N3O5/c1-12(2)15(18(25)26)22-17(24)14(21-19(22)27)10-6-7-11-20-16(23)13-8-4-3-5-9-13/h3-5,8-9,12,15,24H,6-7,10-11H2,1-2H3,(H,20,23)(H,21,27)(H,25,26)/t15-/m1/s1. The van der Waals surface area contributed by atoms with E-state index in [9.17, 15) is 24.6 Å². The molecular weight excluding hydrogens is 350 g/mol. The molecule has 8 nitrogen and oxygen atoms in total. The fourth-order valence-electron chi connectivity index (χ4n) is 2.93. The number of carboxylic acids is 1. The zero-order valence-electron chi connectivity index (χ0n) is 15.4. The molecule has 0 aliphatic heterocycles. The Kier molecular flexibility index (Phi) is 6.81. The summed E-state index contributed by atoms with van der Waals surface area (Å²) in [5.41, 5.74) is 0.257. The second kappa shape index (κ2) is 9.07. The Morgan fingerprint density at radius 3 is 2.44 bits per heavy atom. The number of aryl methyl sites for hydroxylation is 1. The van der Waals surface area contributed by atoms with Gasteiger partial charge in [-0.1, -0.05) is 32.0 Å². The summed E-state index contributed by atoms with van der Waals surface area (Å²) in [6.45, 7) is 3.81. The van der Waals surface area contributed by atoms with Gasteiger partial charge in [0.25, 0.3) is 5.91 Å². The lowest BCUT2D eigenvalue weighted by Gasteiger charge is -2.17. The molecule has 0 spiro atoms. The smallest absolute Gasteiger partial charge is 0.329 e. The van der Waals surface area contributed by atoms with Crippen LogP contribution in [0.5, 0.6) is 5.88 Å². The van der Waals surface area contributed by atoms with Crippen molar-refractivity contribution in [1.29, 1.82) is 0 Å². The van der Waals surface area contributed by atoms with Crippen LogP contribution >= 0.6 is 0 Å². The van der Waals surface area contributed by atoms with Gasteiger partial charge >= 0.3 is 11.7 Å². The lowest BCUT2D eigenvalue weighted by molar-refractivity contribution is -0.142. The number of carboxylic acid groups (broad SMARTS) is 1. The number of nitrogens with one attached hydrogen (secondary N) is 2. The summed E-state index contributed by atoms with van der Waals surface area (Å²) in [5.74, 6) is -2.02. The summed E-state index contributed by atoms with van der Waals surface area (Å²) >= 11 is 0. The molecule has 2 aromatic rings. The van der Waals surface area contributed by atoms with E-state index in [2.05, 4.69) is 10.3 Å². The van der Waals surface area contributed by atoms with Crippen molar-refractivity contribution in [3.63, 3.8) is 0 Å². The Hall–Kier alpha value is -3.03. The predicted molar refractivity (Wildman–Crippen MR) is 99.9 cm³/mol. The van der Waals surface area contributed by atoms with Crippen LogP contribution in [0.4, 0.5) is 0 Å². The number of hydrogen-bond donors (Lipinski definition) is 4. The first kappa shape index (κ1) is 20.3. The minimum atomic E-state index is -1.17. The van der Waals surface area contributed by atoms with Crippen LogP contribution in [0, 0.1) is 5.92 Å². The summed E-state index contributed by atoms with van der Waals surface area (Å²) < 4.78 is 0.888. The van der Waals surface area contributed by atoms with Crippen LogP contribution in [0.3, 0.4) is 0 Å². The fraction of sp³-hybridized carbons (Fsp3) is 0.421. The maximum atomic E-state index is 12.1. The second-order valence-electron chi connectivity index (χ2n) is 6.71. The van der Waals surface area contributed by atoms with Crippen molar-refractivity contribution in [3.8, 4) is 5.88 Å². The lowest BCUT2D eigenvalue weighted by Crippen LogP contribution is -2.31. The van der Waals surface area contributed by atoms with Crippen LogP contribution in [0.25, 0.3) is 0 Å². The van der Waals surface area contributed by atoms with E-state index >= 15 is 0 Å². The summed E-state index contributed by atoms with van der Waals surface area (Å²) in [6.07, 6.45) is 1.64. The normalized spacial score (nSPS) is 12.1. The Morgan fingerprint density at radius 2 is 1.85 bits per heavy atom. The van der Waals surface area contributed by atoms with Gasteiger partial charge in [0.15, 0.2) is 0 Å². The molecule has 1 amide bonds. The molecule has 0 bridgehead atoms. The number of benzene rings is 1. The molecule has 0 fully saturated rings. The van der Waals surface area contributed by atoms with Crippen molar-refractivity contribution < 1.29 is 19.8 Å². The molecule has 4 N–H and O–H groups in total. The van der Waals surface area contributed by atoms with E-state index in [4.69, 9.17) is 0 Å². The van der Waals surface area contributed by atoms with Crippen LogP contribution in [-0.2, 0) is 11.2 Å². The van der Waals surface area contributed by atoms with Gasteiger partial charge in [-0.3, -0.25) is 4.79 Å². The average molecular weight is 375 g/mol. The number of aromatic amines is 1. The molecule has 0 aliphatic carbocycles. The number of amides is 1. The minimum Gasteiger partial charge on any atom is -0.493 e. The second-order valence-corrected chi connectivity index (χ2v) is 6.71. The van der Waals surface area contributed by atoms with Gasteiger partial charge in [0.2, 0.25) is 5.88 Å². The van der Waals surface area contributed by atoms with Crippen LogP contribution in [-0.4, -0.2) is 38.2 Å². The number of imidazole rings is 1. The van der Waals surface area contributed by atoms with Gasteiger partial charge in [-0.2, -0.15) is 0 Å². The number of hydrogen-bond acceptors (Lipinski definition) is 4. The molecule has 27 heavy (non-hydrogen) atoms. The van der Waals surface area contributed by atoms with E-state index in [-0.39, 0.29) is 17.7 Å². The first-order chi connectivity index (χ1) is 12.8. The predicted octanol–water partition coefficient (Wildman–Crippen LogP) is 1.92. The van der Waals surface area contributed by atoms with Crippen molar-refractivity contribution in [3.05, 3.63) is 52.1 Å². The summed E-state index contributed by atoms with van der Waals surface area (Å²) in [6, 6.07) is 7.75. The maximum Gasteiger partial charge on any atom is 0.329 e.